The lowest BCUT2D eigenvalue weighted by Crippen LogP contribution is -2.37. The van der Waals surface area contributed by atoms with Crippen LogP contribution < -0.4 is 5.32 Å². The van der Waals surface area contributed by atoms with Crippen molar-refractivity contribution in [2.45, 2.75) is 31.9 Å². The third kappa shape index (κ3) is 4.93. The SMILES string of the molecule is Cc1nn(C)cc1C(=O)Nc1ccc(C2CCN(C(=O)c3ccc4n[nH]c(C(F)(F)F)c4c3)CC2)cc1. The first-order valence-electron chi connectivity index (χ1n) is 11.9. The molecule has 0 saturated carbocycles. The number of hydrogen-bond donors (Lipinski definition) is 2. The molecule has 2 aromatic carbocycles. The van der Waals surface area contributed by atoms with Gasteiger partial charge in [-0.05, 0) is 61.6 Å². The smallest absolute Gasteiger partial charge is 0.339 e. The van der Waals surface area contributed by atoms with Gasteiger partial charge in [0.1, 0.15) is 5.69 Å². The average molecular weight is 511 g/mol. The fraction of sp³-hybridized carbons (Fsp3) is 0.308. The van der Waals surface area contributed by atoms with E-state index in [-0.39, 0.29) is 34.2 Å². The molecular formula is C26H25F3N6O2. The Morgan fingerprint density at radius 2 is 1.78 bits per heavy atom. The van der Waals surface area contributed by atoms with Gasteiger partial charge in [-0.25, -0.2) is 0 Å². The highest BCUT2D eigenvalue weighted by atomic mass is 19.4. The summed E-state index contributed by atoms with van der Waals surface area (Å²) in [4.78, 5) is 27.2. The highest BCUT2D eigenvalue weighted by Gasteiger charge is 2.35. The number of nitrogens with one attached hydrogen (secondary N) is 2. The third-order valence-electron chi connectivity index (χ3n) is 6.76. The molecule has 0 spiro atoms. The van der Waals surface area contributed by atoms with E-state index in [4.69, 9.17) is 0 Å². The molecule has 192 valence electrons. The van der Waals surface area contributed by atoms with Crippen LogP contribution in [0, 0.1) is 6.92 Å². The minimum atomic E-state index is -4.58. The van der Waals surface area contributed by atoms with Gasteiger partial charge in [-0.15, -0.1) is 0 Å². The Kier molecular flexibility index (Phi) is 6.22. The van der Waals surface area contributed by atoms with Crippen molar-refractivity contribution >= 4 is 28.4 Å². The Hall–Kier alpha value is -4.15. The van der Waals surface area contributed by atoms with Crippen molar-refractivity contribution in [2.75, 3.05) is 18.4 Å². The van der Waals surface area contributed by atoms with Crippen LogP contribution in [0.3, 0.4) is 0 Å². The highest BCUT2D eigenvalue weighted by molar-refractivity contribution is 6.04. The number of aromatic nitrogens is 4. The van der Waals surface area contributed by atoms with E-state index < -0.39 is 11.9 Å². The van der Waals surface area contributed by atoms with E-state index in [1.807, 2.05) is 29.4 Å². The van der Waals surface area contributed by atoms with Crippen LogP contribution in [-0.4, -0.2) is 49.8 Å². The molecule has 3 heterocycles. The van der Waals surface area contributed by atoms with Gasteiger partial charge in [0.05, 0.1) is 16.8 Å². The molecule has 2 N–H and O–H groups in total. The van der Waals surface area contributed by atoms with Gasteiger partial charge in [-0.2, -0.15) is 23.4 Å². The third-order valence-corrected chi connectivity index (χ3v) is 6.76. The fourth-order valence-corrected chi connectivity index (χ4v) is 4.82. The summed E-state index contributed by atoms with van der Waals surface area (Å²) < 4.78 is 41.3. The summed E-state index contributed by atoms with van der Waals surface area (Å²) in [5, 5.41) is 12.7. The normalized spacial score (nSPS) is 14.8. The molecule has 0 atom stereocenters. The van der Waals surface area contributed by atoms with E-state index >= 15 is 0 Å². The number of carbonyl (C=O) groups excluding carboxylic acids is 2. The van der Waals surface area contributed by atoms with Gasteiger partial charge in [-0.3, -0.25) is 19.4 Å². The lowest BCUT2D eigenvalue weighted by atomic mass is 9.89. The Labute approximate surface area is 210 Å². The number of halogens is 3. The second-order valence-electron chi connectivity index (χ2n) is 9.27. The van der Waals surface area contributed by atoms with Crippen molar-refractivity contribution in [1.82, 2.24) is 24.9 Å². The van der Waals surface area contributed by atoms with Crippen LogP contribution in [0.4, 0.5) is 18.9 Å². The zero-order chi connectivity index (χ0) is 26.3. The van der Waals surface area contributed by atoms with Crippen LogP contribution in [0.25, 0.3) is 10.9 Å². The van der Waals surface area contributed by atoms with E-state index in [1.165, 1.54) is 18.2 Å². The van der Waals surface area contributed by atoms with Crippen molar-refractivity contribution in [3.8, 4) is 0 Å². The molecule has 0 bridgehead atoms. The Balaban J connectivity index is 1.21. The summed E-state index contributed by atoms with van der Waals surface area (Å²) >= 11 is 0. The van der Waals surface area contributed by atoms with Gasteiger partial charge in [0.15, 0.2) is 0 Å². The van der Waals surface area contributed by atoms with Gasteiger partial charge in [0.2, 0.25) is 0 Å². The average Bonchev–Trinajstić information content (AvgIpc) is 3.46. The second kappa shape index (κ2) is 9.38. The first-order valence-corrected chi connectivity index (χ1v) is 11.9. The number of benzene rings is 2. The number of H-pyrrole nitrogens is 1. The molecule has 8 nitrogen and oxygen atoms in total. The molecule has 0 aliphatic carbocycles. The molecular weight excluding hydrogens is 485 g/mol. The Bertz CT molecular complexity index is 1460. The minimum absolute atomic E-state index is 0.112. The van der Waals surface area contributed by atoms with E-state index in [0.717, 1.165) is 18.4 Å². The summed E-state index contributed by atoms with van der Waals surface area (Å²) in [6.45, 7) is 2.78. The molecule has 1 aliphatic heterocycles. The van der Waals surface area contributed by atoms with Gasteiger partial charge >= 0.3 is 6.18 Å². The van der Waals surface area contributed by atoms with Gasteiger partial charge in [0, 0.05) is 43.0 Å². The number of carbonyl (C=O) groups is 2. The maximum atomic E-state index is 13.2. The number of rotatable bonds is 4. The van der Waals surface area contributed by atoms with E-state index in [1.54, 1.807) is 29.7 Å². The number of piperidine rings is 1. The maximum absolute atomic E-state index is 13.2. The molecule has 37 heavy (non-hydrogen) atoms. The van der Waals surface area contributed by atoms with Crippen molar-refractivity contribution in [3.63, 3.8) is 0 Å². The van der Waals surface area contributed by atoms with E-state index in [0.29, 0.717) is 30.0 Å². The first kappa shape index (κ1) is 24.5. The van der Waals surface area contributed by atoms with Crippen molar-refractivity contribution < 1.29 is 22.8 Å². The van der Waals surface area contributed by atoms with Crippen molar-refractivity contribution in [3.05, 3.63) is 76.7 Å². The van der Waals surface area contributed by atoms with Crippen LogP contribution in [0.1, 0.15) is 56.4 Å². The molecule has 0 unspecified atom stereocenters. The molecule has 2 amide bonds. The molecule has 2 aromatic heterocycles. The van der Waals surface area contributed by atoms with Crippen LogP contribution in [-0.2, 0) is 13.2 Å². The number of aromatic amines is 1. The van der Waals surface area contributed by atoms with Crippen LogP contribution >= 0.6 is 0 Å². The zero-order valence-corrected chi connectivity index (χ0v) is 20.3. The number of hydrogen-bond acceptors (Lipinski definition) is 4. The topological polar surface area (TPSA) is 95.9 Å². The van der Waals surface area contributed by atoms with Gasteiger partial charge in [0.25, 0.3) is 11.8 Å². The second-order valence-corrected chi connectivity index (χ2v) is 9.27. The van der Waals surface area contributed by atoms with Crippen molar-refractivity contribution in [2.24, 2.45) is 7.05 Å². The zero-order valence-electron chi connectivity index (χ0n) is 20.3. The number of nitrogens with zero attached hydrogens (tertiary/aromatic N) is 4. The molecule has 4 aromatic rings. The summed E-state index contributed by atoms with van der Waals surface area (Å²) in [5.74, 6) is -0.276. The summed E-state index contributed by atoms with van der Waals surface area (Å²) in [7, 11) is 1.76. The summed E-state index contributed by atoms with van der Waals surface area (Å²) in [6, 6.07) is 11.9. The molecule has 0 radical (unpaired) electrons. The van der Waals surface area contributed by atoms with Gasteiger partial charge in [-0.1, -0.05) is 12.1 Å². The molecule has 11 heteroatoms. The van der Waals surface area contributed by atoms with Crippen LogP contribution in [0.15, 0.2) is 48.7 Å². The number of anilines is 1. The van der Waals surface area contributed by atoms with E-state index in [2.05, 4.69) is 15.5 Å². The number of likely N-dealkylation sites (tertiary alicyclic amines) is 1. The molecule has 5 rings (SSSR count). The minimum Gasteiger partial charge on any atom is -0.339 e. The molecule has 1 fully saturated rings. The summed E-state index contributed by atoms with van der Waals surface area (Å²) in [5.41, 5.74) is 2.38. The number of fused-ring (bicyclic) bond motifs is 1. The van der Waals surface area contributed by atoms with Crippen LogP contribution in [0.5, 0.6) is 0 Å². The Morgan fingerprint density at radius 1 is 1.08 bits per heavy atom. The number of alkyl halides is 3. The van der Waals surface area contributed by atoms with Crippen molar-refractivity contribution in [1.29, 1.82) is 0 Å². The largest absolute Gasteiger partial charge is 0.433 e. The molecule has 1 saturated heterocycles. The Morgan fingerprint density at radius 3 is 2.41 bits per heavy atom. The molecule has 1 aliphatic rings. The van der Waals surface area contributed by atoms with Gasteiger partial charge < -0.3 is 10.2 Å². The van der Waals surface area contributed by atoms with Crippen LogP contribution in [0.2, 0.25) is 0 Å². The maximum Gasteiger partial charge on any atom is 0.433 e. The predicted octanol–water partition coefficient (Wildman–Crippen LogP) is 4.90. The quantitative estimate of drug-likeness (QED) is 0.408. The first-order chi connectivity index (χ1) is 17.6. The standard InChI is InChI=1S/C26H25F3N6O2/c1-15-21(14-34(2)33-15)24(36)30-19-6-3-16(4-7-19)17-9-11-35(12-10-17)25(37)18-5-8-22-20(13-18)23(32-31-22)26(27,28)29/h3-8,13-14,17H,9-12H2,1-2H3,(H,30,36)(H,31,32). The predicted molar refractivity (Wildman–Crippen MR) is 131 cm³/mol. The monoisotopic (exact) mass is 510 g/mol. The summed E-state index contributed by atoms with van der Waals surface area (Å²) in [6.07, 6.45) is -1.44. The fourth-order valence-electron chi connectivity index (χ4n) is 4.82. The number of amides is 2. The highest BCUT2D eigenvalue weighted by Crippen LogP contribution is 2.34. The number of aryl methyl sites for hydroxylation is 2. The lowest BCUT2D eigenvalue weighted by Gasteiger charge is -2.32. The van der Waals surface area contributed by atoms with E-state index in [9.17, 15) is 22.8 Å². The lowest BCUT2D eigenvalue weighted by molar-refractivity contribution is -0.139.